The number of β-amino-alcohol motifs (C(OH)–C–C–N with tert-alkyl or cyclic N) is 1. The number of aliphatic hydroxyl groups excluding tert-OH is 1. The second-order valence-corrected chi connectivity index (χ2v) is 13.4. The van der Waals surface area contributed by atoms with Crippen molar-refractivity contribution in [3.63, 3.8) is 0 Å². The fourth-order valence-corrected chi connectivity index (χ4v) is 7.82. The minimum atomic E-state index is -4.42. The number of alkyl halides is 3. The molecule has 3 aromatic rings. The zero-order valence-electron chi connectivity index (χ0n) is 25.6. The lowest BCUT2D eigenvalue weighted by Crippen LogP contribution is -2.49. The van der Waals surface area contributed by atoms with E-state index in [0.717, 1.165) is 88.6 Å². The first-order chi connectivity index (χ1) is 21.7. The van der Waals surface area contributed by atoms with Gasteiger partial charge in [-0.2, -0.15) is 18.3 Å². The quantitative estimate of drug-likeness (QED) is 0.275. The zero-order chi connectivity index (χ0) is 31.4. The van der Waals surface area contributed by atoms with Crippen LogP contribution in [0.15, 0.2) is 47.4 Å². The molecule has 4 heterocycles. The number of aliphatic hydroxyl groups is 1. The SMILES string of the molecule is Oc1ccc(N2CCN(CC(O)Cn3nc(-c4ccc(C(F)(F)F)c(SCCN5CCCCC5)c4)c4c3CCNC4)CC2)cc1. The summed E-state index contributed by atoms with van der Waals surface area (Å²) in [4.78, 5) is 7.12. The first-order valence-corrected chi connectivity index (χ1v) is 17.0. The number of piperidine rings is 1. The molecule has 2 fully saturated rings. The van der Waals surface area contributed by atoms with Gasteiger partial charge in [0.25, 0.3) is 0 Å². The molecule has 6 rings (SSSR count). The third-order valence-electron chi connectivity index (χ3n) is 9.12. The summed E-state index contributed by atoms with van der Waals surface area (Å²) in [5.41, 5.74) is 3.89. The Morgan fingerprint density at radius 2 is 1.67 bits per heavy atom. The van der Waals surface area contributed by atoms with Gasteiger partial charge in [-0.3, -0.25) is 9.58 Å². The highest BCUT2D eigenvalue weighted by atomic mass is 32.2. The molecule has 0 bridgehead atoms. The lowest BCUT2D eigenvalue weighted by molar-refractivity contribution is -0.139. The average molecular weight is 645 g/mol. The van der Waals surface area contributed by atoms with E-state index >= 15 is 0 Å². The van der Waals surface area contributed by atoms with E-state index in [1.54, 1.807) is 24.3 Å². The highest BCUT2D eigenvalue weighted by Gasteiger charge is 2.34. The van der Waals surface area contributed by atoms with Gasteiger partial charge in [-0.15, -0.1) is 11.8 Å². The van der Waals surface area contributed by atoms with Gasteiger partial charge in [0.15, 0.2) is 0 Å². The molecule has 3 aliphatic heterocycles. The fourth-order valence-electron chi connectivity index (χ4n) is 6.70. The van der Waals surface area contributed by atoms with Crippen molar-refractivity contribution in [1.82, 2.24) is 24.9 Å². The van der Waals surface area contributed by atoms with Gasteiger partial charge in [0.1, 0.15) is 5.75 Å². The summed E-state index contributed by atoms with van der Waals surface area (Å²) in [6, 6.07) is 11.6. The number of piperazine rings is 1. The highest BCUT2D eigenvalue weighted by molar-refractivity contribution is 7.99. The first kappa shape index (κ1) is 32.2. The molecule has 0 spiro atoms. The van der Waals surface area contributed by atoms with Crippen molar-refractivity contribution >= 4 is 17.4 Å². The first-order valence-electron chi connectivity index (χ1n) is 16.0. The maximum Gasteiger partial charge on any atom is 0.417 e. The number of likely N-dealkylation sites (tertiary alicyclic amines) is 1. The Bertz CT molecular complexity index is 1420. The van der Waals surface area contributed by atoms with Gasteiger partial charge in [-0.1, -0.05) is 12.5 Å². The molecule has 0 amide bonds. The second-order valence-electron chi connectivity index (χ2n) is 12.3. The van der Waals surface area contributed by atoms with Gasteiger partial charge in [0.2, 0.25) is 0 Å². The van der Waals surface area contributed by atoms with E-state index in [1.165, 1.54) is 24.2 Å². The second kappa shape index (κ2) is 14.3. The Kier molecular flexibility index (Phi) is 10.3. The number of hydrogen-bond acceptors (Lipinski definition) is 8. The monoisotopic (exact) mass is 644 g/mol. The molecule has 2 aromatic carbocycles. The fraction of sp³-hybridized carbons (Fsp3) is 0.545. The van der Waals surface area contributed by atoms with Gasteiger partial charge < -0.3 is 25.3 Å². The summed E-state index contributed by atoms with van der Waals surface area (Å²) in [6.45, 7) is 8.34. The minimum absolute atomic E-state index is 0.246. The number of fused-ring (bicyclic) bond motifs is 1. The van der Waals surface area contributed by atoms with Gasteiger partial charge in [-0.05, 0) is 62.3 Å². The molecule has 1 unspecified atom stereocenters. The number of aromatic hydroxyl groups is 1. The van der Waals surface area contributed by atoms with E-state index < -0.39 is 17.8 Å². The molecule has 1 atom stereocenters. The van der Waals surface area contributed by atoms with Crippen molar-refractivity contribution in [2.24, 2.45) is 0 Å². The number of hydrogen-bond donors (Lipinski definition) is 3. The molecule has 0 radical (unpaired) electrons. The summed E-state index contributed by atoms with van der Waals surface area (Å²) in [5, 5.41) is 29.0. The van der Waals surface area contributed by atoms with Crippen LogP contribution < -0.4 is 10.2 Å². The summed E-state index contributed by atoms with van der Waals surface area (Å²) < 4.78 is 43.9. The number of nitrogens with zero attached hydrogens (tertiary/aromatic N) is 5. The maximum absolute atomic E-state index is 14.0. The van der Waals surface area contributed by atoms with Crippen molar-refractivity contribution in [1.29, 1.82) is 0 Å². The van der Waals surface area contributed by atoms with E-state index in [-0.39, 0.29) is 10.6 Å². The van der Waals surface area contributed by atoms with Crippen LogP contribution in [0.2, 0.25) is 0 Å². The lowest BCUT2D eigenvalue weighted by Gasteiger charge is -2.37. The standard InChI is InChI=1S/C33H43F3N6O2S/c34-33(35,36)29-9-4-24(20-31(29)45-19-18-39-12-2-1-3-13-39)32-28-21-37-11-10-30(28)42(38-32)23-27(44)22-40-14-16-41(17-15-40)25-5-7-26(43)8-6-25/h4-9,20,27,37,43-44H,1-3,10-19,21-23H2. The van der Waals surface area contributed by atoms with Gasteiger partial charge in [0, 0.05) is 91.9 Å². The number of aromatic nitrogens is 2. The van der Waals surface area contributed by atoms with Crippen LogP contribution in [0.4, 0.5) is 18.9 Å². The molecule has 3 N–H and O–H groups in total. The largest absolute Gasteiger partial charge is 0.508 e. The Labute approximate surface area is 267 Å². The highest BCUT2D eigenvalue weighted by Crippen LogP contribution is 2.40. The number of thioether (sulfide) groups is 1. The number of anilines is 1. The van der Waals surface area contributed by atoms with Crippen LogP contribution in [0.25, 0.3) is 11.3 Å². The Balaban J connectivity index is 1.14. The van der Waals surface area contributed by atoms with Crippen LogP contribution in [0.3, 0.4) is 0 Å². The Morgan fingerprint density at radius 1 is 0.911 bits per heavy atom. The number of rotatable bonds is 10. The van der Waals surface area contributed by atoms with Crippen LogP contribution in [-0.4, -0.2) is 101 Å². The summed E-state index contributed by atoms with van der Waals surface area (Å²) in [7, 11) is 0. The van der Waals surface area contributed by atoms with Gasteiger partial charge in [0.05, 0.1) is 23.9 Å². The molecule has 1 aromatic heterocycles. The lowest BCUT2D eigenvalue weighted by atomic mass is 10.0. The number of benzene rings is 2. The van der Waals surface area contributed by atoms with Crippen molar-refractivity contribution < 1.29 is 23.4 Å². The number of nitrogens with one attached hydrogen (secondary N) is 1. The smallest absolute Gasteiger partial charge is 0.417 e. The summed E-state index contributed by atoms with van der Waals surface area (Å²) in [6.07, 6.45) is -0.772. The minimum Gasteiger partial charge on any atom is -0.508 e. The third-order valence-corrected chi connectivity index (χ3v) is 10.2. The van der Waals surface area contributed by atoms with Crippen LogP contribution in [-0.2, 0) is 25.7 Å². The molecule has 0 aliphatic carbocycles. The van der Waals surface area contributed by atoms with Crippen LogP contribution in [0, 0.1) is 0 Å². The maximum atomic E-state index is 14.0. The molecule has 3 aliphatic rings. The Morgan fingerprint density at radius 3 is 2.40 bits per heavy atom. The number of phenolic OH excluding ortho intramolecular Hbond substituents is 1. The summed E-state index contributed by atoms with van der Waals surface area (Å²) >= 11 is 1.28. The molecule has 244 valence electrons. The normalized spacial score (nSPS) is 19.1. The predicted molar refractivity (Wildman–Crippen MR) is 172 cm³/mol. The average Bonchev–Trinajstić information content (AvgIpc) is 3.40. The number of phenols is 1. The molecule has 45 heavy (non-hydrogen) atoms. The molecule has 2 saturated heterocycles. The van der Waals surface area contributed by atoms with Crippen molar-refractivity contribution in [2.45, 2.75) is 55.9 Å². The zero-order valence-corrected chi connectivity index (χ0v) is 26.4. The van der Waals surface area contributed by atoms with Crippen molar-refractivity contribution in [2.75, 3.05) is 69.6 Å². The molecule has 8 nitrogen and oxygen atoms in total. The Hall–Kier alpha value is -2.77. The predicted octanol–water partition coefficient (Wildman–Crippen LogP) is 4.68. The molecule has 12 heteroatoms. The molecule has 0 saturated carbocycles. The van der Waals surface area contributed by atoms with E-state index in [0.29, 0.717) is 36.6 Å². The van der Waals surface area contributed by atoms with E-state index in [2.05, 4.69) is 20.0 Å². The van der Waals surface area contributed by atoms with Crippen LogP contribution in [0.5, 0.6) is 5.75 Å². The van der Waals surface area contributed by atoms with E-state index in [4.69, 9.17) is 5.10 Å². The van der Waals surface area contributed by atoms with E-state index in [9.17, 15) is 23.4 Å². The van der Waals surface area contributed by atoms with Crippen LogP contribution in [0.1, 0.15) is 36.1 Å². The summed E-state index contributed by atoms with van der Waals surface area (Å²) in [5.74, 6) is 0.858. The van der Waals surface area contributed by atoms with Crippen molar-refractivity contribution in [3.8, 4) is 17.0 Å². The molecular formula is C33H43F3N6O2S. The number of halogens is 3. The topological polar surface area (TPSA) is 80.0 Å². The third kappa shape index (κ3) is 7.97. The molecular weight excluding hydrogens is 601 g/mol. The van der Waals surface area contributed by atoms with E-state index in [1.807, 2.05) is 16.8 Å². The van der Waals surface area contributed by atoms with Crippen molar-refractivity contribution in [3.05, 3.63) is 59.3 Å². The van der Waals surface area contributed by atoms with Gasteiger partial charge >= 0.3 is 6.18 Å². The van der Waals surface area contributed by atoms with Crippen LogP contribution >= 0.6 is 11.8 Å². The van der Waals surface area contributed by atoms with Gasteiger partial charge in [-0.25, -0.2) is 0 Å².